The monoisotopic (exact) mass is 246 g/mol. The quantitative estimate of drug-likeness (QED) is 0.810. The fraction of sp³-hybridized carbons (Fsp3) is 0.538. The van der Waals surface area contributed by atoms with Crippen LogP contribution in [0.3, 0.4) is 0 Å². The van der Waals surface area contributed by atoms with E-state index in [4.69, 9.17) is 0 Å². The van der Waals surface area contributed by atoms with Gasteiger partial charge in [0.25, 0.3) is 5.91 Å². The fourth-order valence-electron chi connectivity index (χ4n) is 2.10. The Hall–Kier alpha value is -1.62. The summed E-state index contributed by atoms with van der Waals surface area (Å²) in [5, 5.41) is 6.28. The Balaban J connectivity index is 1.65. The van der Waals surface area contributed by atoms with Gasteiger partial charge in [0.2, 0.25) is 0 Å². The Labute approximate surface area is 107 Å². The summed E-state index contributed by atoms with van der Waals surface area (Å²) in [6.45, 7) is 3.93. The lowest BCUT2D eigenvalue weighted by Gasteiger charge is -2.28. The van der Waals surface area contributed by atoms with E-state index in [-0.39, 0.29) is 5.91 Å². The highest BCUT2D eigenvalue weighted by Gasteiger charge is 2.24. The second kappa shape index (κ2) is 4.94. The molecule has 2 heterocycles. The minimum absolute atomic E-state index is 0.00291. The van der Waals surface area contributed by atoms with Gasteiger partial charge in [-0.25, -0.2) is 4.98 Å². The van der Waals surface area contributed by atoms with Crippen molar-refractivity contribution >= 4 is 11.7 Å². The molecular formula is C13H18N4O. The van der Waals surface area contributed by atoms with Gasteiger partial charge in [-0.1, -0.05) is 0 Å². The fourth-order valence-corrected chi connectivity index (χ4v) is 2.10. The number of rotatable bonds is 3. The van der Waals surface area contributed by atoms with Crippen LogP contribution in [0.25, 0.3) is 0 Å². The zero-order valence-electron chi connectivity index (χ0n) is 10.4. The number of hydrogen-bond donors (Lipinski definition) is 2. The van der Waals surface area contributed by atoms with Crippen molar-refractivity contribution in [2.45, 2.75) is 18.9 Å². The zero-order valence-corrected chi connectivity index (χ0v) is 10.4. The van der Waals surface area contributed by atoms with E-state index in [1.54, 1.807) is 6.20 Å². The Kier molecular flexibility index (Phi) is 3.15. The van der Waals surface area contributed by atoms with Gasteiger partial charge >= 0.3 is 0 Å². The van der Waals surface area contributed by atoms with Crippen LogP contribution in [0.15, 0.2) is 18.3 Å². The molecule has 1 aromatic rings. The van der Waals surface area contributed by atoms with Gasteiger partial charge in [0, 0.05) is 38.4 Å². The van der Waals surface area contributed by atoms with Gasteiger partial charge in [0.1, 0.15) is 5.82 Å². The normalized spacial score (nSPS) is 19.7. The highest BCUT2D eigenvalue weighted by atomic mass is 16.1. The Morgan fingerprint density at radius 2 is 2.11 bits per heavy atom. The van der Waals surface area contributed by atoms with Crippen molar-refractivity contribution in [2.75, 3.05) is 31.1 Å². The first kappa shape index (κ1) is 11.5. The number of hydrogen-bond acceptors (Lipinski definition) is 4. The van der Waals surface area contributed by atoms with Crippen LogP contribution in [0.2, 0.25) is 0 Å². The molecule has 2 fully saturated rings. The highest BCUT2D eigenvalue weighted by molar-refractivity contribution is 5.94. The molecule has 5 heteroatoms. The molecule has 0 aromatic carbocycles. The zero-order chi connectivity index (χ0) is 12.4. The SMILES string of the molecule is O=C(NC1CC1)c1ccc(N2CCNCC2)nc1. The van der Waals surface area contributed by atoms with Crippen LogP contribution in [0, 0.1) is 0 Å². The molecule has 2 N–H and O–H groups in total. The summed E-state index contributed by atoms with van der Waals surface area (Å²) >= 11 is 0. The molecule has 0 unspecified atom stereocenters. The van der Waals surface area contributed by atoms with E-state index in [1.165, 1.54) is 0 Å². The molecule has 0 atom stereocenters. The minimum Gasteiger partial charge on any atom is -0.354 e. The molecule has 2 aliphatic rings. The summed E-state index contributed by atoms with van der Waals surface area (Å²) in [5.74, 6) is 0.955. The first-order valence-electron chi connectivity index (χ1n) is 6.55. The van der Waals surface area contributed by atoms with Crippen molar-refractivity contribution in [3.8, 4) is 0 Å². The predicted molar refractivity (Wildman–Crippen MR) is 69.8 cm³/mol. The van der Waals surface area contributed by atoms with Gasteiger partial charge in [0.05, 0.1) is 5.56 Å². The maximum atomic E-state index is 11.8. The van der Waals surface area contributed by atoms with Crippen molar-refractivity contribution in [3.05, 3.63) is 23.9 Å². The van der Waals surface area contributed by atoms with E-state index in [1.807, 2.05) is 12.1 Å². The van der Waals surface area contributed by atoms with Gasteiger partial charge in [-0.3, -0.25) is 4.79 Å². The second-order valence-electron chi connectivity index (χ2n) is 4.89. The topological polar surface area (TPSA) is 57.3 Å². The van der Waals surface area contributed by atoms with E-state index in [0.29, 0.717) is 11.6 Å². The van der Waals surface area contributed by atoms with Crippen molar-refractivity contribution < 1.29 is 4.79 Å². The van der Waals surface area contributed by atoms with Gasteiger partial charge in [-0.15, -0.1) is 0 Å². The molecule has 1 saturated carbocycles. The van der Waals surface area contributed by atoms with Crippen LogP contribution in [-0.2, 0) is 0 Å². The second-order valence-corrected chi connectivity index (χ2v) is 4.89. The van der Waals surface area contributed by atoms with Crippen LogP contribution in [0.1, 0.15) is 23.2 Å². The maximum Gasteiger partial charge on any atom is 0.253 e. The number of nitrogens with zero attached hydrogens (tertiary/aromatic N) is 2. The standard InChI is InChI=1S/C13H18N4O/c18-13(16-11-2-3-11)10-1-4-12(15-9-10)17-7-5-14-6-8-17/h1,4,9,11,14H,2-3,5-8H2,(H,16,18). The molecule has 0 spiro atoms. The van der Waals surface area contributed by atoms with Crippen LogP contribution in [-0.4, -0.2) is 43.1 Å². The lowest BCUT2D eigenvalue weighted by atomic mass is 10.2. The van der Waals surface area contributed by atoms with Crippen LogP contribution in [0.5, 0.6) is 0 Å². The Morgan fingerprint density at radius 1 is 1.33 bits per heavy atom. The van der Waals surface area contributed by atoms with E-state index in [2.05, 4.69) is 20.5 Å². The third kappa shape index (κ3) is 2.61. The number of nitrogens with one attached hydrogen (secondary N) is 2. The lowest BCUT2D eigenvalue weighted by molar-refractivity contribution is 0.0950. The molecule has 0 radical (unpaired) electrons. The molecule has 1 aliphatic heterocycles. The molecule has 3 rings (SSSR count). The third-order valence-corrected chi connectivity index (χ3v) is 3.36. The van der Waals surface area contributed by atoms with Crippen molar-refractivity contribution in [1.29, 1.82) is 0 Å². The maximum absolute atomic E-state index is 11.8. The number of amides is 1. The van der Waals surface area contributed by atoms with E-state index in [9.17, 15) is 4.79 Å². The number of anilines is 1. The number of pyridine rings is 1. The number of piperazine rings is 1. The van der Waals surface area contributed by atoms with Crippen molar-refractivity contribution in [3.63, 3.8) is 0 Å². The van der Waals surface area contributed by atoms with Crippen LogP contribution in [0.4, 0.5) is 5.82 Å². The summed E-state index contributed by atoms with van der Waals surface area (Å²) in [6.07, 6.45) is 3.89. The van der Waals surface area contributed by atoms with Gasteiger partial charge in [0.15, 0.2) is 0 Å². The Morgan fingerprint density at radius 3 is 2.72 bits per heavy atom. The molecule has 18 heavy (non-hydrogen) atoms. The number of carbonyl (C=O) groups excluding carboxylic acids is 1. The average Bonchev–Trinajstić information content (AvgIpc) is 3.24. The summed E-state index contributed by atoms with van der Waals surface area (Å²) in [5.41, 5.74) is 0.654. The molecule has 5 nitrogen and oxygen atoms in total. The van der Waals surface area contributed by atoms with Crippen LogP contribution >= 0.6 is 0 Å². The van der Waals surface area contributed by atoms with E-state index >= 15 is 0 Å². The predicted octanol–water partition coefficient (Wildman–Crippen LogP) is 0.383. The van der Waals surface area contributed by atoms with E-state index in [0.717, 1.165) is 44.8 Å². The summed E-state index contributed by atoms with van der Waals surface area (Å²) < 4.78 is 0. The molecule has 1 saturated heterocycles. The molecular weight excluding hydrogens is 228 g/mol. The third-order valence-electron chi connectivity index (χ3n) is 3.36. The van der Waals surface area contributed by atoms with Crippen molar-refractivity contribution in [2.24, 2.45) is 0 Å². The lowest BCUT2D eigenvalue weighted by Crippen LogP contribution is -2.43. The molecule has 1 amide bonds. The number of aromatic nitrogens is 1. The van der Waals surface area contributed by atoms with Gasteiger partial charge in [-0.2, -0.15) is 0 Å². The van der Waals surface area contributed by atoms with E-state index < -0.39 is 0 Å². The summed E-state index contributed by atoms with van der Waals surface area (Å²) in [4.78, 5) is 18.4. The first-order valence-corrected chi connectivity index (χ1v) is 6.55. The van der Waals surface area contributed by atoms with Crippen molar-refractivity contribution in [1.82, 2.24) is 15.6 Å². The van der Waals surface area contributed by atoms with Gasteiger partial charge < -0.3 is 15.5 Å². The molecule has 1 aliphatic carbocycles. The minimum atomic E-state index is -0.00291. The summed E-state index contributed by atoms with van der Waals surface area (Å²) in [7, 11) is 0. The highest BCUT2D eigenvalue weighted by Crippen LogP contribution is 2.19. The molecule has 0 bridgehead atoms. The summed E-state index contributed by atoms with van der Waals surface area (Å²) in [6, 6.07) is 4.19. The smallest absolute Gasteiger partial charge is 0.253 e. The number of carbonyl (C=O) groups is 1. The molecule has 96 valence electrons. The van der Waals surface area contributed by atoms with Gasteiger partial charge in [-0.05, 0) is 25.0 Å². The first-order chi connectivity index (χ1) is 8.83. The average molecular weight is 246 g/mol. The molecule has 1 aromatic heterocycles. The van der Waals surface area contributed by atoms with Crippen LogP contribution < -0.4 is 15.5 Å². The Bertz CT molecular complexity index is 421. The largest absolute Gasteiger partial charge is 0.354 e.